The van der Waals surface area contributed by atoms with Gasteiger partial charge in [0.05, 0.1) is 11.0 Å². The minimum Gasteiger partial charge on any atom is -0.356 e. The molecule has 25 heavy (non-hydrogen) atoms. The molecule has 0 aliphatic carbocycles. The van der Waals surface area contributed by atoms with Gasteiger partial charge >= 0.3 is 0 Å². The van der Waals surface area contributed by atoms with Gasteiger partial charge in [0.1, 0.15) is 5.82 Å². The van der Waals surface area contributed by atoms with Gasteiger partial charge in [0.15, 0.2) is 5.96 Å². The molecule has 3 N–H and O–H groups in total. The number of likely N-dealkylation sites (tertiary alicyclic amines) is 1. The lowest BCUT2D eigenvalue weighted by Gasteiger charge is -2.26. The number of para-hydroxylation sites is 2. The van der Waals surface area contributed by atoms with Crippen molar-refractivity contribution in [2.24, 2.45) is 4.99 Å². The molecule has 3 rings (SSSR count). The van der Waals surface area contributed by atoms with Crippen molar-refractivity contribution in [2.75, 3.05) is 39.8 Å². The number of rotatable bonds is 6. The summed E-state index contributed by atoms with van der Waals surface area (Å²) < 4.78 is 0. The van der Waals surface area contributed by atoms with Gasteiger partial charge in [-0.15, -0.1) is 24.0 Å². The van der Waals surface area contributed by atoms with Crippen LogP contribution in [0.2, 0.25) is 0 Å². The quantitative estimate of drug-likeness (QED) is 0.355. The number of piperidine rings is 1. The van der Waals surface area contributed by atoms with Crippen LogP contribution in [0.15, 0.2) is 29.3 Å². The van der Waals surface area contributed by atoms with Crippen LogP contribution in [-0.4, -0.2) is 60.6 Å². The first-order valence-corrected chi connectivity index (χ1v) is 8.95. The van der Waals surface area contributed by atoms with E-state index in [1.807, 2.05) is 25.2 Å². The highest BCUT2D eigenvalue weighted by molar-refractivity contribution is 14.0. The molecule has 0 bridgehead atoms. The average Bonchev–Trinajstić information content (AvgIpc) is 3.04. The van der Waals surface area contributed by atoms with Gasteiger partial charge in [0.2, 0.25) is 0 Å². The van der Waals surface area contributed by atoms with Crippen molar-refractivity contribution < 1.29 is 0 Å². The molecular weight excluding hydrogens is 427 g/mol. The van der Waals surface area contributed by atoms with Crippen LogP contribution in [-0.2, 0) is 6.42 Å². The predicted molar refractivity (Wildman–Crippen MR) is 115 cm³/mol. The summed E-state index contributed by atoms with van der Waals surface area (Å²) in [7, 11) is 1.82. The van der Waals surface area contributed by atoms with E-state index in [2.05, 4.69) is 36.6 Å². The molecule has 7 heteroatoms. The number of H-pyrrole nitrogens is 1. The molecule has 0 atom stereocenters. The Morgan fingerprint density at radius 2 is 1.92 bits per heavy atom. The molecule has 2 heterocycles. The maximum absolute atomic E-state index is 4.60. The largest absolute Gasteiger partial charge is 0.356 e. The van der Waals surface area contributed by atoms with Gasteiger partial charge in [-0.2, -0.15) is 0 Å². The standard InChI is InChI=1S/C18H28N6.HI/c1-19-18(21-11-14-24-12-5-2-6-13-24)20-10-9-17-22-15-7-3-4-8-16(15)23-17;/h3-4,7-8H,2,5-6,9-14H2,1H3,(H,22,23)(H2,19,20,21);1H. The summed E-state index contributed by atoms with van der Waals surface area (Å²) in [6.45, 7) is 5.30. The number of aromatic nitrogens is 2. The molecule has 138 valence electrons. The van der Waals surface area contributed by atoms with Crippen molar-refractivity contribution in [2.45, 2.75) is 25.7 Å². The monoisotopic (exact) mass is 456 g/mol. The highest BCUT2D eigenvalue weighted by atomic mass is 127. The minimum atomic E-state index is 0. The minimum absolute atomic E-state index is 0. The number of hydrogen-bond acceptors (Lipinski definition) is 3. The molecule has 1 aromatic carbocycles. The number of benzene rings is 1. The fraction of sp³-hybridized carbons (Fsp3) is 0.556. The number of aliphatic imine (C=N–C) groups is 1. The van der Waals surface area contributed by atoms with Crippen LogP contribution in [0.5, 0.6) is 0 Å². The zero-order valence-corrected chi connectivity index (χ0v) is 17.3. The van der Waals surface area contributed by atoms with E-state index in [1.54, 1.807) is 0 Å². The summed E-state index contributed by atoms with van der Waals surface area (Å²) in [5, 5.41) is 6.76. The van der Waals surface area contributed by atoms with Crippen molar-refractivity contribution in [3.63, 3.8) is 0 Å². The fourth-order valence-corrected chi connectivity index (χ4v) is 3.16. The van der Waals surface area contributed by atoms with E-state index in [0.717, 1.165) is 48.9 Å². The smallest absolute Gasteiger partial charge is 0.191 e. The van der Waals surface area contributed by atoms with Crippen LogP contribution in [0, 0.1) is 0 Å². The molecule has 0 spiro atoms. The van der Waals surface area contributed by atoms with E-state index in [9.17, 15) is 0 Å². The van der Waals surface area contributed by atoms with Crippen molar-refractivity contribution in [3.05, 3.63) is 30.1 Å². The summed E-state index contributed by atoms with van der Waals surface area (Å²) in [6, 6.07) is 8.13. The summed E-state index contributed by atoms with van der Waals surface area (Å²) in [4.78, 5) is 14.8. The first-order valence-electron chi connectivity index (χ1n) is 8.95. The van der Waals surface area contributed by atoms with Gasteiger partial charge in [0.25, 0.3) is 0 Å². The van der Waals surface area contributed by atoms with Crippen LogP contribution in [0.3, 0.4) is 0 Å². The molecule has 1 fully saturated rings. The predicted octanol–water partition coefficient (Wildman–Crippen LogP) is 2.37. The van der Waals surface area contributed by atoms with Gasteiger partial charge < -0.3 is 20.5 Å². The van der Waals surface area contributed by atoms with Crippen molar-refractivity contribution in [3.8, 4) is 0 Å². The third-order valence-corrected chi connectivity index (χ3v) is 4.49. The van der Waals surface area contributed by atoms with Crippen molar-refractivity contribution >= 4 is 41.0 Å². The molecule has 1 aromatic heterocycles. The highest BCUT2D eigenvalue weighted by Crippen LogP contribution is 2.10. The molecule has 1 saturated heterocycles. The summed E-state index contributed by atoms with van der Waals surface area (Å²) >= 11 is 0. The van der Waals surface area contributed by atoms with Gasteiger partial charge in [0, 0.05) is 33.1 Å². The van der Waals surface area contributed by atoms with Gasteiger partial charge in [-0.1, -0.05) is 18.6 Å². The lowest BCUT2D eigenvalue weighted by Crippen LogP contribution is -2.43. The zero-order valence-electron chi connectivity index (χ0n) is 14.9. The zero-order chi connectivity index (χ0) is 16.6. The third kappa shape index (κ3) is 6.14. The lowest BCUT2D eigenvalue weighted by atomic mass is 10.1. The highest BCUT2D eigenvalue weighted by Gasteiger charge is 2.09. The maximum Gasteiger partial charge on any atom is 0.191 e. The van der Waals surface area contributed by atoms with Gasteiger partial charge in [-0.3, -0.25) is 4.99 Å². The third-order valence-electron chi connectivity index (χ3n) is 4.49. The normalized spacial score (nSPS) is 15.8. The summed E-state index contributed by atoms with van der Waals surface area (Å²) in [6.07, 6.45) is 4.91. The number of hydrogen-bond donors (Lipinski definition) is 3. The maximum atomic E-state index is 4.60. The van der Waals surface area contributed by atoms with Gasteiger partial charge in [-0.05, 0) is 38.1 Å². The Morgan fingerprint density at radius 1 is 1.16 bits per heavy atom. The Labute approximate surface area is 166 Å². The molecule has 0 radical (unpaired) electrons. The number of nitrogens with one attached hydrogen (secondary N) is 3. The second kappa shape index (κ2) is 10.6. The van der Waals surface area contributed by atoms with E-state index in [4.69, 9.17) is 0 Å². The van der Waals surface area contributed by atoms with E-state index in [1.165, 1.54) is 32.4 Å². The average molecular weight is 456 g/mol. The van der Waals surface area contributed by atoms with E-state index < -0.39 is 0 Å². The first kappa shape index (κ1) is 20.0. The fourth-order valence-electron chi connectivity index (χ4n) is 3.16. The number of halogens is 1. The van der Waals surface area contributed by atoms with E-state index in [0.29, 0.717) is 0 Å². The van der Waals surface area contributed by atoms with Crippen molar-refractivity contribution in [1.29, 1.82) is 0 Å². The topological polar surface area (TPSA) is 68.3 Å². The van der Waals surface area contributed by atoms with E-state index >= 15 is 0 Å². The molecule has 0 saturated carbocycles. The number of aromatic amines is 1. The number of nitrogens with zero attached hydrogens (tertiary/aromatic N) is 3. The SMILES string of the molecule is CN=C(NCCc1nc2ccccc2[nH]1)NCCN1CCCCC1.I. The summed E-state index contributed by atoms with van der Waals surface area (Å²) in [5.41, 5.74) is 2.12. The molecular formula is C18H29IN6. The van der Waals surface area contributed by atoms with Crippen LogP contribution in [0.4, 0.5) is 0 Å². The second-order valence-corrected chi connectivity index (χ2v) is 6.28. The van der Waals surface area contributed by atoms with Crippen LogP contribution >= 0.6 is 24.0 Å². The van der Waals surface area contributed by atoms with Gasteiger partial charge in [-0.25, -0.2) is 4.98 Å². The number of guanidine groups is 1. The van der Waals surface area contributed by atoms with Crippen LogP contribution in [0.25, 0.3) is 11.0 Å². The molecule has 0 unspecified atom stereocenters. The molecule has 2 aromatic rings. The molecule has 0 amide bonds. The Balaban J connectivity index is 0.00000225. The Hall–Kier alpha value is -1.35. The van der Waals surface area contributed by atoms with E-state index in [-0.39, 0.29) is 24.0 Å². The van der Waals surface area contributed by atoms with Crippen LogP contribution < -0.4 is 10.6 Å². The molecule has 1 aliphatic heterocycles. The summed E-state index contributed by atoms with van der Waals surface area (Å²) in [5.74, 6) is 1.87. The lowest BCUT2D eigenvalue weighted by molar-refractivity contribution is 0.232. The van der Waals surface area contributed by atoms with Crippen LogP contribution in [0.1, 0.15) is 25.1 Å². The molecule has 6 nitrogen and oxygen atoms in total. The molecule has 1 aliphatic rings. The Morgan fingerprint density at radius 3 is 2.68 bits per heavy atom. The van der Waals surface area contributed by atoms with Crippen molar-refractivity contribution in [1.82, 2.24) is 25.5 Å². The Kier molecular flexibility index (Phi) is 8.47. The number of imidazole rings is 1. The second-order valence-electron chi connectivity index (χ2n) is 6.28. The first-order chi connectivity index (χ1) is 11.8. The Bertz CT molecular complexity index is 629. The number of fused-ring (bicyclic) bond motifs is 1.